The number of nitrogens with zero attached hydrogens (tertiary/aromatic N) is 2. The van der Waals surface area contributed by atoms with E-state index in [1.54, 1.807) is 7.05 Å². The smallest absolute Gasteiger partial charge is 0.309 e. The van der Waals surface area contributed by atoms with Crippen LogP contribution in [0.15, 0.2) is 12.3 Å². The van der Waals surface area contributed by atoms with E-state index in [1.165, 1.54) is 16.8 Å². The van der Waals surface area contributed by atoms with E-state index in [4.69, 9.17) is 5.11 Å². The van der Waals surface area contributed by atoms with E-state index in [9.17, 15) is 14.9 Å². The quantitative estimate of drug-likeness (QED) is 0.549. The van der Waals surface area contributed by atoms with Crippen LogP contribution in [0.3, 0.4) is 0 Å². The first-order valence-electron chi connectivity index (χ1n) is 3.52. The first kappa shape index (κ1) is 9.24. The van der Waals surface area contributed by atoms with Crippen LogP contribution >= 0.6 is 0 Å². The molecule has 0 aliphatic rings. The molecule has 0 amide bonds. The molecule has 1 N–H and O–H groups in total. The van der Waals surface area contributed by atoms with Crippen LogP contribution in [-0.4, -0.2) is 20.6 Å². The van der Waals surface area contributed by atoms with Crippen molar-refractivity contribution in [1.29, 1.82) is 0 Å². The van der Waals surface area contributed by atoms with Gasteiger partial charge in [-0.05, 0) is 0 Å². The molecule has 0 radical (unpaired) electrons. The molecule has 0 spiro atoms. The molecule has 1 rings (SSSR count). The van der Waals surface area contributed by atoms with E-state index in [-0.39, 0.29) is 12.1 Å². The van der Waals surface area contributed by atoms with Crippen LogP contribution in [-0.2, 0) is 18.3 Å². The second kappa shape index (κ2) is 3.26. The van der Waals surface area contributed by atoms with Gasteiger partial charge in [0.25, 0.3) is 5.69 Å². The standard InChI is InChI=1S/C7H8N2O4/c1-8-4-6(9(12)13)2-5(8)3-7(10)11/h2,4H,3H2,1H3,(H,10,11). The Bertz CT molecular complexity index is 355. The molecule has 70 valence electrons. The van der Waals surface area contributed by atoms with E-state index in [1.807, 2.05) is 0 Å². The van der Waals surface area contributed by atoms with Gasteiger partial charge in [-0.25, -0.2) is 0 Å². The van der Waals surface area contributed by atoms with Crippen LogP contribution < -0.4 is 0 Å². The van der Waals surface area contributed by atoms with Crippen LogP contribution in [0.4, 0.5) is 5.69 Å². The molecule has 6 nitrogen and oxygen atoms in total. The molecule has 1 aromatic heterocycles. The third kappa shape index (κ3) is 2.05. The molecule has 0 unspecified atom stereocenters. The molecule has 1 heterocycles. The average Bonchev–Trinajstić information content (AvgIpc) is 2.31. The van der Waals surface area contributed by atoms with E-state index in [0.717, 1.165) is 0 Å². The van der Waals surface area contributed by atoms with Gasteiger partial charge in [0.15, 0.2) is 0 Å². The Hall–Kier alpha value is -1.85. The average molecular weight is 184 g/mol. The molecule has 0 atom stereocenters. The van der Waals surface area contributed by atoms with Crippen molar-refractivity contribution in [2.75, 3.05) is 0 Å². The molecule has 0 aromatic carbocycles. The predicted molar refractivity (Wildman–Crippen MR) is 43.4 cm³/mol. The van der Waals surface area contributed by atoms with Gasteiger partial charge >= 0.3 is 5.97 Å². The van der Waals surface area contributed by atoms with Gasteiger partial charge in [0.1, 0.15) is 0 Å². The third-order valence-corrected chi connectivity index (χ3v) is 1.64. The summed E-state index contributed by atoms with van der Waals surface area (Å²) in [6, 6.07) is 1.26. The second-order valence-electron chi connectivity index (χ2n) is 2.63. The lowest BCUT2D eigenvalue weighted by Crippen LogP contribution is -2.04. The molecular formula is C7H8N2O4. The minimum atomic E-state index is -1.00. The topological polar surface area (TPSA) is 85.4 Å². The Kier molecular flexibility index (Phi) is 2.32. The number of carboxylic acids is 1. The van der Waals surface area contributed by atoms with Gasteiger partial charge in [-0.3, -0.25) is 14.9 Å². The molecule has 6 heteroatoms. The van der Waals surface area contributed by atoms with Gasteiger partial charge in [-0.15, -0.1) is 0 Å². The van der Waals surface area contributed by atoms with Gasteiger partial charge in [0, 0.05) is 18.8 Å². The predicted octanol–water partition coefficient (Wildman–Crippen LogP) is 0.560. The van der Waals surface area contributed by atoms with Gasteiger partial charge in [-0.2, -0.15) is 0 Å². The van der Waals surface area contributed by atoms with Gasteiger partial charge in [0.05, 0.1) is 17.5 Å². The van der Waals surface area contributed by atoms with Crippen molar-refractivity contribution in [2.24, 2.45) is 7.05 Å². The molecule has 0 fully saturated rings. The number of hydrogen-bond acceptors (Lipinski definition) is 3. The number of aliphatic carboxylic acids is 1. The normalized spacial score (nSPS) is 9.92. The highest BCUT2D eigenvalue weighted by molar-refractivity contribution is 5.70. The Morgan fingerprint density at radius 1 is 1.77 bits per heavy atom. The van der Waals surface area contributed by atoms with Crippen LogP contribution in [0.25, 0.3) is 0 Å². The van der Waals surface area contributed by atoms with Crippen molar-refractivity contribution in [3.05, 3.63) is 28.1 Å². The van der Waals surface area contributed by atoms with Crippen molar-refractivity contribution in [3.8, 4) is 0 Å². The monoisotopic (exact) mass is 184 g/mol. The van der Waals surface area contributed by atoms with Gasteiger partial charge in [0.2, 0.25) is 0 Å². The third-order valence-electron chi connectivity index (χ3n) is 1.64. The number of aryl methyl sites for hydroxylation is 1. The molecule has 0 saturated heterocycles. The Labute approximate surface area is 73.6 Å². The van der Waals surface area contributed by atoms with Crippen molar-refractivity contribution in [3.63, 3.8) is 0 Å². The molecule has 0 aliphatic heterocycles. The number of nitro groups is 1. The Morgan fingerprint density at radius 3 is 2.77 bits per heavy atom. The summed E-state index contributed by atoms with van der Waals surface area (Å²) in [4.78, 5) is 20.1. The van der Waals surface area contributed by atoms with Crippen LogP contribution in [0.2, 0.25) is 0 Å². The lowest BCUT2D eigenvalue weighted by atomic mass is 10.3. The van der Waals surface area contributed by atoms with E-state index in [0.29, 0.717) is 5.69 Å². The number of hydrogen-bond donors (Lipinski definition) is 1. The summed E-state index contributed by atoms with van der Waals surface area (Å²) in [5.74, 6) is -1.00. The fourth-order valence-corrected chi connectivity index (χ4v) is 1.02. The zero-order chi connectivity index (χ0) is 10.0. The maximum atomic E-state index is 10.3. The summed E-state index contributed by atoms with van der Waals surface area (Å²) < 4.78 is 1.44. The summed E-state index contributed by atoms with van der Waals surface area (Å²) in [5.41, 5.74) is 0.331. The van der Waals surface area contributed by atoms with Crippen molar-refractivity contribution >= 4 is 11.7 Å². The van der Waals surface area contributed by atoms with Crippen molar-refractivity contribution in [2.45, 2.75) is 6.42 Å². The molecule has 0 saturated carbocycles. The van der Waals surface area contributed by atoms with Crippen molar-refractivity contribution < 1.29 is 14.8 Å². The number of carbonyl (C=O) groups is 1. The summed E-state index contributed by atoms with van der Waals surface area (Å²) >= 11 is 0. The van der Waals surface area contributed by atoms with Gasteiger partial charge in [-0.1, -0.05) is 0 Å². The Balaban J connectivity index is 2.96. The second-order valence-corrected chi connectivity index (χ2v) is 2.63. The number of rotatable bonds is 3. The first-order valence-corrected chi connectivity index (χ1v) is 3.52. The zero-order valence-electron chi connectivity index (χ0n) is 6.93. The highest BCUT2D eigenvalue weighted by Crippen LogP contribution is 2.15. The molecular weight excluding hydrogens is 176 g/mol. The highest BCUT2D eigenvalue weighted by atomic mass is 16.6. The fraction of sp³-hybridized carbons (Fsp3) is 0.286. The maximum Gasteiger partial charge on any atom is 0.309 e. The lowest BCUT2D eigenvalue weighted by molar-refractivity contribution is -0.384. The Morgan fingerprint density at radius 2 is 2.38 bits per heavy atom. The molecule has 13 heavy (non-hydrogen) atoms. The molecule has 0 aliphatic carbocycles. The van der Waals surface area contributed by atoms with Crippen LogP contribution in [0.1, 0.15) is 5.69 Å². The maximum absolute atomic E-state index is 10.3. The fourth-order valence-electron chi connectivity index (χ4n) is 1.02. The van der Waals surface area contributed by atoms with E-state index >= 15 is 0 Å². The van der Waals surface area contributed by atoms with E-state index < -0.39 is 10.9 Å². The van der Waals surface area contributed by atoms with Crippen LogP contribution in [0, 0.1) is 10.1 Å². The summed E-state index contributed by atoms with van der Waals surface area (Å²) in [6.45, 7) is 0. The number of carboxylic acid groups (broad SMARTS) is 1. The SMILES string of the molecule is Cn1cc([N+](=O)[O-])cc1CC(=O)O. The van der Waals surface area contributed by atoms with Crippen LogP contribution in [0.5, 0.6) is 0 Å². The van der Waals surface area contributed by atoms with Gasteiger partial charge < -0.3 is 9.67 Å². The minimum absolute atomic E-state index is 0.0845. The zero-order valence-corrected chi connectivity index (χ0v) is 6.93. The first-order chi connectivity index (χ1) is 6.00. The highest BCUT2D eigenvalue weighted by Gasteiger charge is 2.13. The molecule has 0 bridgehead atoms. The van der Waals surface area contributed by atoms with Crippen molar-refractivity contribution in [1.82, 2.24) is 4.57 Å². The van der Waals surface area contributed by atoms with E-state index in [2.05, 4.69) is 0 Å². The summed E-state index contributed by atoms with van der Waals surface area (Å²) in [7, 11) is 1.57. The summed E-state index contributed by atoms with van der Waals surface area (Å²) in [5, 5.41) is 18.8. The molecule has 1 aromatic rings. The largest absolute Gasteiger partial charge is 0.481 e. The number of aromatic nitrogens is 1. The lowest BCUT2D eigenvalue weighted by Gasteiger charge is -1.95. The minimum Gasteiger partial charge on any atom is -0.481 e. The summed E-state index contributed by atoms with van der Waals surface area (Å²) in [6.07, 6.45) is 1.09.